The second kappa shape index (κ2) is 4.80. The number of aryl methyl sites for hydroxylation is 2. The molecule has 0 aliphatic carbocycles. The van der Waals surface area contributed by atoms with E-state index >= 15 is 0 Å². The van der Waals surface area contributed by atoms with Gasteiger partial charge in [0.2, 0.25) is 0 Å². The summed E-state index contributed by atoms with van der Waals surface area (Å²) < 4.78 is 1.90. The van der Waals surface area contributed by atoms with E-state index in [2.05, 4.69) is 35.6 Å². The van der Waals surface area contributed by atoms with Crippen LogP contribution in [0.5, 0.6) is 0 Å². The summed E-state index contributed by atoms with van der Waals surface area (Å²) >= 11 is 1.75. The Hall–Kier alpha value is -1.13. The van der Waals surface area contributed by atoms with Crippen LogP contribution in [0.4, 0.5) is 0 Å². The van der Waals surface area contributed by atoms with E-state index in [0.29, 0.717) is 0 Å². The molecule has 1 atom stereocenters. The van der Waals surface area contributed by atoms with Gasteiger partial charge < -0.3 is 5.73 Å². The van der Waals surface area contributed by atoms with Gasteiger partial charge in [0.05, 0.1) is 17.4 Å². The van der Waals surface area contributed by atoms with Crippen LogP contribution in [0, 0.1) is 0 Å². The van der Waals surface area contributed by atoms with Crippen molar-refractivity contribution in [1.29, 1.82) is 0 Å². The standard InChI is InChI=1S/C12H17N3S/c1-3-9-7-12(15(2)14-9)11(13)8-10-5-4-6-16-10/h4-7,11H,3,8,13H2,1-2H3. The highest BCUT2D eigenvalue weighted by Crippen LogP contribution is 2.19. The topological polar surface area (TPSA) is 43.8 Å². The lowest BCUT2D eigenvalue weighted by atomic mass is 10.1. The van der Waals surface area contributed by atoms with Gasteiger partial charge in [-0.25, -0.2) is 0 Å². The van der Waals surface area contributed by atoms with E-state index in [0.717, 1.165) is 24.2 Å². The Morgan fingerprint density at radius 2 is 2.38 bits per heavy atom. The van der Waals surface area contributed by atoms with Crippen molar-refractivity contribution in [3.63, 3.8) is 0 Å². The molecule has 4 heteroatoms. The van der Waals surface area contributed by atoms with Gasteiger partial charge in [0.15, 0.2) is 0 Å². The first-order valence-electron chi connectivity index (χ1n) is 5.51. The van der Waals surface area contributed by atoms with Gasteiger partial charge in [-0.05, 0) is 23.9 Å². The molecule has 2 heterocycles. The summed E-state index contributed by atoms with van der Waals surface area (Å²) in [7, 11) is 1.96. The molecular weight excluding hydrogens is 218 g/mol. The predicted molar refractivity (Wildman–Crippen MR) is 67.5 cm³/mol. The molecule has 3 nitrogen and oxygen atoms in total. The van der Waals surface area contributed by atoms with E-state index in [-0.39, 0.29) is 6.04 Å². The largest absolute Gasteiger partial charge is 0.322 e. The minimum Gasteiger partial charge on any atom is -0.322 e. The average Bonchev–Trinajstić information content (AvgIpc) is 2.87. The van der Waals surface area contributed by atoms with Crippen molar-refractivity contribution in [3.8, 4) is 0 Å². The summed E-state index contributed by atoms with van der Waals surface area (Å²) in [5.41, 5.74) is 8.43. The summed E-state index contributed by atoms with van der Waals surface area (Å²) in [6.45, 7) is 2.11. The highest BCUT2D eigenvalue weighted by Gasteiger charge is 2.13. The van der Waals surface area contributed by atoms with Crippen molar-refractivity contribution in [2.45, 2.75) is 25.8 Å². The quantitative estimate of drug-likeness (QED) is 0.883. The van der Waals surface area contributed by atoms with E-state index in [9.17, 15) is 0 Å². The second-order valence-electron chi connectivity index (χ2n) is 3.93. The maximum Gasteiger partial charge on any atom is 0.0625 e. The zero-order valence-electron chi connectivity index (χ0n) is 9.68. The van der Waals surface area contributed by atoms with E-state index in [1.807, 2.05) is 11.7 Å². The molecule has 0 aliphatic rings. The number of aromatic nitrogens is 2. The SMILES string of the molecule is CCc1cc(C(N)Cc2cccs2)n(C)n1. The van der Waals surface area contributed by atoms with Crippen molar-refractivity contribution >= 4 is 11.3 Å². The Bertz CT molecular complexity index is 445. The van der Waals surface area contributed by atoms with Crippen molar-refractivity contribution in [1.82, 2.24) is 9.78 Å². The van der Waals surface area contributed by atoms with Crippen LogP contribution in [0.25, 0.3) is 0 Å². The van der Waals surface area contributed by atoms with E-state index < -0.39 is 0 Å². The Morgan fingerprint density at radius 1 is 1.56 bits per heavy atom. The molecular formula is C12H17N3S. The van der Waals surface area contributed by atoms with Gasteiger partial charge in [-0.15, -0.1) is 11.3 Å². The van der Waals surface area contributed by atoms with Gasteiger partial charge in [-0.2, -0.15) is 5.10 Å². The van der Waals surface area contributed by atoms with Gasteiger partial charge in [0.1, 0.15) is 0 Å². The lowest BCUT2D eigenvalue weighted by molar-refractivity contribution is 0.617. The smallest absolute Gasteiger partial charge is 0.0625 e. The number of nitrogens with zero attached hydrogens (tertiary/aromatic N) is 2. The average molecular weight is 235 g/mol. The number of hydrogen-bond donors (Lipinski definition) is 1. The maximum absolute atomic E-state index is 6.20. The summed E-state index contributed by atoms with van der Waals surface area (Å²) in [5.74, 6) is 0. The Kier molecular flexibility index (Phi) is 3.41. The minimum absolute atomic E-state index is 0.0384. The van der Waals surface area contributed by atoms with Crippen LogP contribution in [-0.4, -0.2) is 9.78 Å². The molecule has 0 aliphatic heterocycles. The molecule has 0 amide bonds. The predicted octanol–water partition coefficient (Wildman–Crippen LogP) is 2.29. The molecule has 0 spiro atoms. The zero-order chi connectivity index (χ0) is 11.5. The lowest BCUT2D eigenvalue weighted by Crippen LogP contribution is -2.16. The molecule has 2 aromatic rings. The van der Waals surface area contributed by atoms with Crippen molar-refractivity contribution in [3.05, 3.63) is 39.8 Å². The van der Waals surface area contributed by atoms with Crippen molar-refractivity contribution in [2.24, 2.45) is 12.8 Å². The molecule has 2 N–H and O–H groups in total. The third-order valence-corrected chi connectivity index (χ3v) is 3.61. The molecule has 1 unspecified atom stereocenters. The molecule has 86 valence electrons. The fraction of sp³-hybridized carbons (Fsp3) is 0.417. The first-order chi connectivity index (χ1) is 7.70. The summed E-state index contributed by atoms with van der Waals surface area (Å²) in [5, 5.41) is 6.51. The second-order valence-corrected chi connectivity index (χ2v) is 4.96. The van der Waals surface area contributed by atoms with Crippen LogP contribution < -0.4 is 5.73 Å². The Balaban J connectivity index is 2.14. The molecule has 16 heavy (non-hydrogen) atoms. The summed E-state index contributed by atoms with van der Waals surface area (Å²) in [4.78, 5) is 1.33. The van der Waals surface area contributed by atoms with Gasteiger partial charge in [-0.3, -0.25) is 4.68 Å². The normalized spacial score (nSPS) is 12.9. The van der Waals surface area contributed by atoms with Crippen LogP contribution in [0.2, 0.25) is 0 Å². The van der Waals surface area contributed by atoms with Crippen LogP contribution in [0.15, 0.2) is 23.6 Å². The minimum atomic E-state index is 0.0384. The monoisotopic (exact) mass is 235 g/mol. The summed E-state index contributed by atoms with van der Waals surface area (Å²) in [6.07, 6.45) is 1.85. The highest BCUT2D eigenvalue weighted by atomic mass is 32.1. The molecule has 0 aromatic carbocycles. The van der Waals surface area contributed by atoms with E-state index in [4.69, 9.17) is 5.73 Å². The lowest BCUT2D eigenvalue weighted by Gasteiger charge is -2.10. The highest BCUT2D eigenvalue weighted by molar-refractivity contribution is 7.09. The van der Waals surface area contributed by atoms with Crippen molar-refractivity contribution in [2.75, 3.05) is 0 Å². The first kappa shape index (κ1) is 11.4. The van der Waals surface area contributed by atoms with Gasteiger partial charge >= 0.3 is 0 Å². The third-order valence-electron chi connectivity index (χ3n) is 2.71. The molecule has 0 saturated carbocycles. The Labute approximate surface area is 99.9 Å². The van der Waals surface area contributed by atoms with Crippen LogP contribution in [0.1, 0.15) is 29.2 Å². The molecule has 0 radical (unpaired) electrons. The molecule has 0 bridgehead atoms. The fourth-order valence-corrected chi connectivity index (χ4v) is 2.58. The number of rotatable bonds is 4. The van der Waals surface area contributed by atoms with Crippen LogP contribution in [0.3, 0.4) is 0 Å². The fourth-order valence-electron chi connectivity index (χ4n) is 1.81. The number of nitrogens with two attached hydrogens (primary N) is 1. The van der Waals surface area contributed by atoms with Crippen LogP contribution in [-0.2, 0) is 19.9 Å². The Morgan fingerprint density at radius 3 is 2.94 bits per heavy atom. The van der Waals surface area contributed by atoms with Crippen molar-refractivity contribution < 1.29 is 0 Å². The molecule has 2 aromatic heterocycles. The van der Waals surface area contributed by atoms with Gasteiger partial charge in [-0.1, -0.05) is 13.0 Å². The number of hydrogen-bond acceptors (Lipinski definition) is 3. The van der Waals surface area contributed by atoms with Crippen LogP contribution >= 0.6 is 11.3 Å². The van der Waals surface area contributed by atoms with Gasteiger partial charge in [0, 0.05) is 18.3 Å². The molecule has 0 saturated heterocycles. The molecule has 2 rings (SSSR count). The molecule has 0 fully saturated rings. The van der Waals surface area contributed by atoms with E-state index in [1.165, 1.54) is 4.88 Å². The number of thiophene rings is 1. The van der Waals surface area contributed by atoms with E-state index in [1.54, 1.807) is 11.3 Å². The first-order valence-corrected chi connectivity index (χ1v) is 6.39. The summed E-state index contributed by atoms with van der Waals surface area (Å²) in [6, 6.07) is 6.34. The zero-order valence-corrected chi connectivity index (χ0v) is 10.5. The van der Waals surface area contributed by atoms with Gasteiger partial charge in [0.25, 0.3) is 0 Å². The maximum atomic E-state index is 6.20. The third kappa shape index (κ3) is 2.33.